The van der Waals surface area contributed by atoms with Crippen molar-refractivity contribution in [1.29, 1.82) is 0 Å². The summed E-state index contributed by atoms with van der Waals surface area (Å²) in [5, 5.41) is 10.7. The maximum atomic E-state index is 12.6. The first kappa shape index (κ1) is 17.3. The van der Waals surface area contributed by atoms with Gasteiger partial charge in [-0.2, -0.15) is 0 Å². The zero-order valence-corrected chi connectivity index (χ0v) is 15.3. The van der Waals surface area contributed by atoms with Gasteiger partial charge in [-0.15, -0.1) is 0 Å². The zero-order valence-electron chi connectivity index (χ0n) is 15.3. The van der Waals surface area contributed by atoms with Crippen LogP contribution in [0.1, 0.15) is 42.1 Å². The van der Waals surface area contributed by atoms with Crippen molar-refractivity contribution in [2.24, 2.45) is 5.92 Å². The lowest BCUT2D eigenvalue weighted by atomic mass is 9.88. The van der Waals surface area contributed by atoms with Gasteiger partial charge in [-0.05, 0) is 37.8 Å². The number of aromatic nitrogens is 2. The Morgan fingerprint density at radius 2 is 2.15 bits per heavy atom. The van der Waals surface area contributed by atoms with Gasteiger partial charge in [0.2, 0.25) is 5.88 Å². The third-order valence-electron chi connectivity index (χ3n) is 4.71. The van der Waals surface area contributed by atoms with E-state index in [4.69, 9.17) is 13.8 Å². The van der Waals surface area contributed by atoms with Crippen molar-refractivity contribution in [3.05, 3.63) is 47.3 Å². The summed E-state index contributed by atoms with van der Waals surface area (Å²) in [7, 11) is 0. The van der Waals surface area contributed by atoms with Crippen LogP contribution in [-0.2, 0) is 12.8 Å². The molecule has 4 rings (SSSR count). The predicted octanol–water partition coefficient (Wildman–Crippen LogP) is 4.11. The maximum absolute atomic E-state index is 12.6. The molecule has 2 aromatic heterocycles. The van der Waals surface area contributed by atoms with Gasteiger partial charge in [0.1, 0.15) is 17.2 Å². The van der Waals surface area contributed by atoms with Crippen LogP contribution in [-0.4, -0.2) is 22.8 Å². The topological polar surface area (TPSA) is 90.4 Å². The minimum atomic E-state index is -0.352. The average molecular weight is 367 g/mol. The fourth-order valence-corrected chi connectivity index (χ4v) is 3.35. The Bertz CT molecular complexity index is 960. The number of anilines is 1. The molecule has 0 saturated heterocycles. The number of rotatable bonds is 5. The van der Waals surface area contributed by atoms with Gasteiger partial charge in [-0.1, -0.05) is 29.4 Å². The predicted molar refractivity (Wildman–Crippen MR) is 98.8 cm³/mol. The van der Waals surface area contributed by atoms with Crippen molar-refractivity contribution >= 4 is 11.8 Å². The number of hydrogen-bond acceptors (Lipinski definition) is 6. The van der Waals surface area contributed by atoms with Crippen molar-refractivity contribution in [2.75, 3.05) is 11.9 Å². The van der Waals surface area contributed by atoms with Gasteiger partial charge in [0, 0.05) is 23.6 Å². The molecule has 0 fully saturated rings. The molecule has 0 aliphatic heterocycles. The number of para-hydroxylation sites is 1. The monoisotopic (exact) mass is 367 g/mol. The number of nitrogens with one attached hydrogen (secondary N) is 1. The van der Waals surface area contributed by atoms with Crippen LogP contribution < -0.4 is 10.1 Å². The third-order valence-corrected chi connectivity index (χ3v) is 4.71. The van der Waals surface area contributed by atoms with Crippen LogP contribution in [0.15, 0.2) is 39.4 Å². The molecular formula is C20H21N3O4. The van der Waals surface area contributed by atoms with E-state index in [1.165, 1.54) is 0 Å². The summed E-state index contributed by atoms with van der Waals surface area (Å²) in [6.07, 6.45) is 2.66. The summed E-state index contributed by atoms with van der Waals surface area (Å²) in [6, 6.07) is 9.23. The molecule has 7 nitrogen and oxygen atoms in total. The van der Waals surface area contributed by atoms with Gasteiger partial charge in [0.25, 0.3) is 5.91 Å². The summed E-state index contributed by atoms with van der Waals surface area (Å²) in [5.41, 5.74) is 2.61. The molecule has 0 spiro atoms. The average Bonchev–Trinajstić information content (AvgIpc) is 3.29. The normalized spacial score (nSPS) is 16.0. The van der Waals surface area contributed by atoms with Crippen molar-refractivity contribution in [3.8, 4) is 17.0 Å². The number of carbonyl (C=O) groups is 1. The van der Waals surface area contributed by atoms with Crippen LogP contribution in [0, 0.1) is 5.92 Å². The maximum Gasteiger partial charge on any atom is 0.280 e. The quantitative estimate of drug-likeness (QED) is 0.730. The second-order valence-electron chi connectivity index (χ2n) is 6.74. The van der Waals surface area contributed by atoms with Crippen LogP contribution in [0.3, 0.4) is 0 Å². The molecule has 1 aromatic carbocycles. The first-order chi connectivity index (χ1) is 13.2. The fourth-order valence-electron chi connectivity index (χ4n) is 3.35. The van der Waals surface area contributed by atoms with E-state index in [2.05, 4.69) is 22.6 Å². The van der Waals surface area contributed by atoms with Gasteiger partial charge in [-0.3, -0.25) is 10.1 Å². The molecule has 140 valence electrons. The molecule has 1 atom stereocenters. The number of benzene rings is 1. The van der Waals surface area contributed by atoms with Crippen LogP contribution in [0.2, 0.25) is 0 Å². The Balaban J connectivity index is 1.54. The van der Waals surface area contributed by atoms with E-state index in [9.17, 15) is 4.79 Å². The molecule has 1 aliphatic rings. The van der Waals surface area contributed by atoms with E-state index in [-0.39, 0.29) is 11.8 Å². The van der Waals surface area contributed by atoms with E-state index in [1.54, 1.807) is 6.07 Å². The first-order valence-corrected chi connectivity index (χ1v) is 9.13. The molecule has 2 heterocycles. The minimum Gasteiger partial charge on any atom is -0.493 e. The summed E-state index contributed by atoms with van der Waals surface area (Å²) in [6.45, 7) is 4.63. The summed E-state index contributed by atoms with van der Waals surface area (Å²) < 4.78 is 16.2. The van der Waals surface area contributed by atoms with E-state index < -0.39 is 0 Å². The highest BCUT2D eigenvalue weighted by atomic mass is 16.5. The lowest BCUT2D eigenvalue weighted by Gasteiger charge is -2.16. The second-order valence-corrected chi connectivity index (χ2v) is 6.74. The molecule has 3 aromatic rings. The van der Waals surface area contributed by atoms with Crippen molar-refractivity contribution in [1.82, 2.24) is 10.3 Å². The molecule has 0 bridgehead atoms. The highest BCUT2D eigenvalue weighted by molar-refractivity contribution is 6.03. The van der Waals surface area contributed by atoms with Crippen molar-refractivity contribution < 1.29 is 18.6 Å². The van der Waals surface area contributed by atoms with Gasteiger partial charge in [0.05, 0.1) is 6.61 Å². The molecule has 7 heteroatoms. The molecule has 1 N–H and O–H groups in total. The Morgan fingerprint density at radius 1 is 1.30 bits per heavy atom. The van der Waals surface area contributed by atoms with Gasteiger partial charge in [0.15, 0.2) is 5.69 Å². The number of nitrogens with zero attached hydrogens (tertiary/aromatic N) is 2. The summed E-state index contributed by atoms with van der Waals surface area (Å²) >= 11 is 0. The number of amides is 1. The zero-order chi connectivity index (χ0) is 18.8. The van der Waals surface area contributed by atoms with Crippen LogP contribution >= 0.6 is 0 Å². The smallest absolute Gasteiger partial charge is 0.280 e. The van der Waals surface area contributed by atoms with Crippen LogP contribution in [0.25, 0.3) is 11.3 Å². The molecule has 27 heavy (non-hydrogen) atoms. The van der Waals surface area contributed by atoms with Gasteiger partial charge in [-0.25, -0.2) is 0 Å². The Morgan fingerprint density at radius 3 is 3.00 bits per heavy atom. The molecular weight excluding hydrogens is 346 g/mol. The first-order valence-electron chi connectivity index (χ1n) is 9.13. The van der Waals surface area contributed by atoms with E-state index in [0.29, 0.717) is 29.7 Å². The summed E-state index contributed by atoms with van der Waals surface area (Å²) in [5.74, 6) is 1.93. The Hall–Kier alpha value is -3.09. The molecule has 0 radical (unpaired) electrons. The van der Waals surface area contributed by atoms with Gasteiger partial charge >= 0.3 is 0 Å². The lowest BCUT2D eigenvalue weighted by molar-refractivity contribution is 0.101. The van der Waals surface area contributed by atoms with Crippen LogP contribution in [0.4, 0.5) is 5.88 Å². The van der Waals surface area contributed by atoms with E-state index >= 15 is 0 Å². The second kappa shape index (κ2) is 7.26. The molecule has 1 amide bonds. The van der Waals surface area contributed by atoms with Crippen molar-refractivity contribution in [3.63, 3.8) is 0 Å². The molecule has 1 aliphatic carbocycles. The number of fused-ring (bicyclic) bond motifs is 1. The standard InChI is InChI=1S/C20H21N3O4/c1-3-25-16-7-5-4-6-13(16)15-11-18(27-22-15)21-20(24)19-14-10-12(2)8-9-17(14)26-23-19/h4-7,11-12H,3,8-10H2,1-2H3,(H,21,24)/t12-/m0/s1. The SMILES string of the molecule is CCOc1ccccc1-c1cc(NC(=O)c2noc3c2C[C@@H](C)CC3)on1. The lowest BCUT2D eigenvalue weighted by Crippen LogP contribution is -2.17. The number of hydrogen-bond donors (Lipinski definition) is 1. The highest BCUT2D eigenvalue weighted by Gasteiger charge is 2.27. The number of ether oxygens (including phenoxy) is 1. The Labute approximate surface area is 156 Å². The van der Waals surface area contributed by atoms with Crippen molar-refractivity contribution in [2.45, 2.75) is 33.1 Å². The van der Waals surface area contributed by atoms with Gasteiger partial charge < -0.3 is 13.8 Å². The van der Waals surface area contributed by atoms with E-state index in [1.807, 2.05) is 31.2 Å². The largest absolute Gasteiger partial charge is 0.493 e. The third kappa shape index (κ3) is 3.45. The highest BCUT2D eigenvalue weighted by Crippen LogP contribution is 2.31. The number of aryl methyl sites for hydroxylation is 1. The minimum absolute atomic E-state index is 0.252. The van der Waals surface area contributed by atoms with E-state index in [0.717, 1.165) is 36.1 Å². The number of carbonyl (C=O) groups excluding carboxylic acids is 1. The fraction of sp³-hybridized carbons (Fsp3) is 0.350. The Kier molecular flexibility index (Phi) is 4.66. The molecule has 0 saturated carbocycles. The molecule has 0 unspecified atom stereocenters. The summed E-state index contributed by atoms with van der Waals surface area (Å²) in [4.78, 5) is 12.6. The van der Waals surface area contributed by atoms with Crippen LogP contribution in [0.5, 0.6) is 5.75 Å².